The van der Waals surface area contributed by atoms with Crippen molar-refractivity contribution in [2.24, 2.45) is 0 Å². The Bertz CT molecular complexity index is 347. The summed E-state index contributed by atoms with van der Waals surface area (Å²) in [7, 11) is 0. The van der Waals surface area contributed by atoms with Crippen LogP contribution in [0.2, 0.25) is 0 Å². The Labute approximate surface area is 98.5 Å². The van der Waals surface area contributed by atoms with E-state index in [1.165, 1.54) is 36.9 Å². The Morgan fingerprint density at radius 1 is 1.38 bits per heavy atom. The fraction of sp³-hybridized carbons (Fsp3) is 0.643. The molecule has 0 spiro atoms. The average molecular weight is 218 g/mol. The number of aryl methyl sites for hydroxylation is 1. The molecule has 0 radical (unpaired) electrons. The predicted octanol–water partition coefficient (Wildman–Crippen LogP) is 3.73. The third kappa shape index (κ3) is 2.55. The lowest BCUT2D eigenvalue weighted by Crippen LogP contribution is -2.16. The maximum Gasteiger partial charge on any atom is 0.129 e. The van der Waals surface area contributed by atoms with Crippen LogP contribution in [0.25, 0.3) is 0 Å². The number of hydrogen-bond acceptors (Lipinski definition) is 2. The number of unbranched alkanes of at least 4 members (excludes halogenated alkanes) is 2. The molecule has 16 heavy (non-hydrogen) atoms. The SMILES string of the molecule is CCCCCc1ccc2c(n1)NCCC2C. The van der Waals surface area contributed by atoms with Crippen LogP contribution in [0.4, 0.5) is 5.82 Å². The van der Waals surface area contributed by atoms with E-state index >= 15 is 0 Å². The molecule has 0 bridgehead atoms. The van der Waals surface area contributed by atoms with Gasteiger partial charge in [0.2, 0.25) is 0 Å². The normalized spacial score (nSPS) is 19.0. The number of aromatic nitrogens is 1. The number of pyridine rings is 1. The first kappa shape index (κ1) is 11.4. The van der Waals surface area contributed by atoms with Gasteiger partial charge in [-0.25, -0.2) is 4.98 Å². The number of fused-ring (bicyclic) bond motifs is 1. The van der Waals surface area contributed by atoms with Gasteiger partial charge >= 0.3 is 0 Å². The minimum Gasteiger partial charge on any atom is -0.370 e. The van der Waals surface area contributed by atoms with Crippen molar-refractivity contribution in [3.63, 3.8) is 0 Å². The molecule has 1 aliphatic rings. The summed E-state index contributed by atoms with van der Waals surface area (Å²) in [6.07, 6.45) is 6.20. The summed E-state index contributed by atoms with van der Waals surface area (Å²) in [5, 5.41) is 3.41. The van der Waals surface area contributed by atoms with Gasteiger partial charge in [-0.2, -0.15) is 0 Å². The first-order chi connectivity index (χ1) is 7.81. The Kier molecular flexibility index (Phi) is 3.81. The molecule has 2 nitrogen and oxygen atoms in total. The second-order valence-electron chi connectivity index (χ2n) is 4.81. The number of hydrogen-bond donors (Lipinski definition) is 1. The lowest BCUT2D eigenvalue weighted by Gasteiger charge is -2.23. The fourth-order valence-electron chi connectivity index (χ4n) is 2.31. The number of nitrogens with zero attached hydrogens (tertiary/aromatic N) is 1. The Hall–Kier alpha value is -1.05. The Morgan fingerprint density at radius 2 is 2.25 bits per heavy atom. The maximum atomic E-state index is 4.72. The topological polar surface area (TPSA) is 24.9 Å². The summed E-state index contributed by atoms with van der Waals surface area (Å²) in [5.41, 5.74) is 2.64. The van der Waals surface area contributed by atoms with Crippen LogP contribution in [0.5, 0.6) is 0 Å². The van der Waals surface area contributed by atoms with Crippen molar-refractivity contribution < 1.29 is 0 Å². The molecule has 1 N–H and O–H groups in total. The summed E-state index contributed by atoms with van der Waals surface area (Å²) in [6, 6.07) is 4.47. The van der Waals surface area contributed by atoms with E-state index in [0.717, 1.165) is 18.8 Å². The molecule has 1 unspecified atom stereocenters. The lowest BCUT2D eigenvalue weighted by atomic mass is 9.95. The summed E-state index contributed by atoms with van der Waals surface area (Å²) < 4.78 is 0. The highest BCUT2D eigenvalue weighted by atomic mass is 15.0. The first-order valence-electron chi connectivity index (χ1n) is 6.55. The lowest BCUT2D eigenvalue weighted by molar-refractivity contribution is 0.669. The monoisotopic (exact) mass is 218 g/mol. The van der Waals surface area contributed by atoms with Crippen molar-refractivity contribution in [1.82, 2.24) is 4.98 Å². The molecule has 1 aromatic heterocycles. The van der Waals surface area contributed by atoms with E-state index in [4.69, 9.17) is 4.98 Å². The Morgan fingerprint density at radius 3 is 3.06 bits per heavy atom. The van der Waals surface area contributed by atoms with Gasteiger partial charge in [0, 0.05) is 12.2 Å². The molecule has 0 saturated carbocycles. The standard InChI is InChI=1S/C14H22N2/c1-3-4-5-6-12-7-8-13-11(2)9-10-15-14(13)16-12/h7-8,11H,3-6,9-10H2,1-2H3,(H,15,16). The summed E-state index contributed by atoms with van der Waals surface area (Å²) in [5.74, 6) is 1.79. The molecule has 88 valence electrons. The van der Waals surface area contributed by atoms with Crippen molar-refractivity contribution in [1.29, 1.82) is 0 Å². The molecule has 0 fully saturated rings. The van der Waals surface area contributed by atoms with Crippen LogP contribution in [-0.2, 0) is 6.42 Å². The molecular formula is C14H22N2. The molecule has 2 heteroatoms. The minimum absolute atomic E-state index is 0.661. The predicted molar refractivity (Wildman–Crippen MR) is 69.0 cm³/mol. The number of anilines is 1. The van der Waals surface area contributed by atoms with Crippen LogP contribution in [-0.4, -0.2) is 11.5 Å². The van der Waals surface area contributed by atoms with E-state index in [0.29, 0.717) is 5.92 Å². The highest BCUT2D eigenvalue weighted by molar-refractivity contribution is 5.49. The molecule has 0 aromatic carbocycles. The van der Waals surface area contributed by atoms with Crippen molar-refractivity contribution in [3.8, 4) is 0 Å². The molecule has 2 rings (SSSR count). The van der Waals surface area contributed by atoms with Gasteiger partial charge in [-0.1, -0.05) is 32.8 Å². The molecule has 1 atom stereocenters. The molecule has 2 heterocycles. The summed E-state index contributed by atoms with van der Waals surface area (Å²) >= 11 is 0. The molecule has 0 saturated heterocycles. The number of rotatable bonds is 4. The van der Waals surface area contributed by atoms with Gasteiger partial charge in [0.05, 0.1) is 0 Å². The van der Waals surface area contributed by atoms with Gasteiger partial charge in [0.25, 0.3) is 0 Å². The van der Waals surface area contributed by atoms with Crippen LogP contribution in [0.15, 0.2) is 12.1 Å². The molecule has 1 aromatic rings. The van der Waals surface area contributed by atoms with E-state index in [1.807, 2.05) is 0 Å². The van der Waals surface area contributed by atoms with Crippen molar-refractivity contribution in [2.75, 3.05) is 11.9 Å². The third-order valence-electron chi connectivity index (χ3n) is 3.42. The minimum atomic E-state index is 0.661. The van der Waals surface area contributed by atoms with Gasteiger partial charge in [-0.15, -0.1) is 0 Å². The molecule has 0 amide bonds. The van der Waals surface area contributed by atoms with Crippen LogP contribution in [0, 0.1) is 0 Å². The smallest absolute Gasteiger partial charge is 0.129 e. The second kappa shape index (κ2) is 5.33. The van der Waals surface area contributed by atoms with E-state index in [1.54, 1.807) is 0 Å². The Balaban J connectivity index is 2.06. The average Bonchev–Trinajstić information content (AvgIpc) is 2.30. The van der Waals surface area contributed by atoms with Crippen molar-refractivity contribution in [3.05, 3.63) is 23.4 Å². The van der Waals surface area contributed by atoms with Gasteiger partial charge in [-0.3, -0.25) is 0 Å². The largest absolute Gasteiger partial charge is 0.370 e. The van der Waals surface area contributed by atoms with E-state index in [2.05, 4.69) is 31.3 Å². The quantitative estimate of drug-likeness (QED) is 0.779. The molecular weight excluding hydrogens is 196 g/mol. The van der Waals surface area contributed by atoms with Gasteiger partial charge < -0.3 is 5.32 Å². The highest BCUT2D eigenvalue weighted by Gasteiger charge is 2.16. The zero-order valence-electron chi connectivity index (χ0n) is 10.4. The van der Waals surface area contributed by atoms with Crippen LogP contribution in [0.1, 0.15) is 56.7 Å². The van der Waals surface area contributed by atoms with Crippen LogP contribution >= 0.6 is 0 Å². The second-order valence-corrected chi connectivity index (χ2v) is 4.81. The van der Waals surface area contributed by atoms with Gasteiger partial charge in [0.1, 0.15) is 5.82 Å². The van der Waals surface area contributed by atoms with Gasteiger partial charge in [-0.05, 0) is 36.8 Å². The van der Waals surface area contributed by atoms with Crippen molar-refractivity contribution >= 4 is 5.82 Å². The highest BCUT2D eigenvalue weighted by Crippen LogP contribution is 2.29. The maximum absolute atomic E-state index is 4.72. The van der Waals surface area contributed by atoms with E-state index in [-0.39, 0.29) is 0 Å². The third-order valence-corrected chi connectivity index (χ3v) is 3.42. The first-order valence-corrected chi connectivity index (χ1v) is 6.55. The van der Waals surface area contributed by atoms with Crippen LogP contribution in [0.3, 0.4) is 0 Å². The number of nitrogens with one attached hydrogen (secondary N) is 1. The van der Waals surface area contributed by atoms with Gasteiger partial charge in [0.15, 0.2) is 0 Å². The zero-order chi connectivity index (χ0) is 11.4. The van der Waals surface area contributed by atoms with E-state index in [9.17, 15) is 0 Å². The fourth-order valence-corrected chi connectivity index (χ4v) is 2.31. The molecule has 0 aliphatic carbocycles. The van der Waals surface area contributed by atoms with Crippen molar-refractivity contribution in [2.45, 2.75) is 51.9 Å². The van der Waals surface area contributed by atoms with Crippen LogP contribution < -0.4 is 5.32 Å². The summed E-state index contributed by atoms with van der Waals surface area (Å²) in [4.78, 5) is 4.72. The zero-order valence-corrected chi connectivity index (χ0v) is 10.4. The summed E-state index contributed by atoms with van der Waals surface area (Å²) in [6.45, 7) is 5.60. The van der Waals surface area contributed by atoms with E-state index < -0.39 is 0 Å². The molecule has 1 aliphatic heterocycles.